The quantitative estimate of drug-likeness (QED) is 0.561. The Morgan fingerprint density at radius 2 is 1.37 bits per heavy atom. The smallest absolute Gasteiger partial charge is 1.00 e. The summed E-state index contributed by atoms with van der Waals surface area (Å²) in [4.78, 5) is 0. The molecule has 0 amide bonds. The third-order valence-electron chi connectivity index (χ3n) is 7.67. The van der Waals surface area contributed by atoms with Gasteiger partial charge >= 0.3 is 26.2 Å². The molecule has 1 nitrogen and oxygen atoms in total. The van der Waals surface area contributed by atoms with Crippen LogP contribution in [0.1, 0.15) is 58.3 Å². The number of hydrogen-bond acceptors (Lipinski definition) is 1. The van der Waals surface area contributed by atoms with E-state index in [-0.39, 0.29) is 56.4 Å². The fraction of sp³-hybridized carbons (Fsp3) is 0.652. The Labute approximate surface area is 196 Å². The van der Waals surface area contributed by atoms with Gasteiger partial charge in [0.05, 0.1) is 0 Å². The first-order valence-corrected chi connectivity index (χ1v) is 10.1. The van der Waals surface area contributed by atoms with Crippen LogP contribution in [0, 0.1) is 29.1 Å². The number of allylic oxidation sites excluding steroid dienone is 8. The van der Waals surface area contributed by atoms with Gasteiger partial charge in [0.1, 0.15) is 0 Å². The summed E-state index contributed by atoms with van der Waals surface area (Å²) in [5.41, 5.74) is 3.69. The SMILES string of the molecule is CCC(CCO)(C1CCC2CC=CC=C21)C1CCC2CC=CC=C21.[Cl-].[Cl-].[Zr+2]. The van der Waals surface area contributed by atoms with E-state index in [9.17, 15) is 5.11 Å². The molecule has 0 spiro atoms. The van der Waals surface area contributed by atoms with Crippen LogP contribution in [0.15, 0.2) is 47.6 Å². The zero-order chi connectivity index (χ0) is 16.6. The van der Waals surface area contributed by atoms with Crippen molar-refractivity contribution in [1.82, 2.24) is 0 Å². The summed E-state index contributed by atoms with van der Waals surface area (Å²) in [5, 5.41) is 9.98. The number of aliphatic hydroxyl groups excluding tert-OH is 1. The van der Waals surface area contributed by atoms with Crippen molar-refractivity contribution in [3.63, 3.8) is 0 Å². The van der Waals surface area contributed by atoms with Gasteiger partial charge in [0.15, 0.2) is 0 Å². The number of aliphatic hydroxyl groups is 1. The van der Waals surface area contributed by atoms with E-state index in [4.69, 9.17) is 0 Å². The van der Waals surface area contributed by atoms with Gasteiger partial charge in [-0.3, -0.25) is 0 Å². The van der Waals surface area contributed by atoms with Crippen LogP contribution in [0.4, 0.5) is 0 Å². The van der Waals surface area contributed by atoms with Crippen LogP contribution in [0.2, 0.25) is 0 Å². The third-order valence-corrected chi connectivity index (χ3v) is 7.67. The second kappa shape index (κ2) is 11.0. The predicted octanol–water partition coefficient (Wildman–Crippen LogP) is -0.404. The van der Waals surface area contributed by atoms with Crippen molar-refractivity contribution >= 4 is 0 Å². The molecular formula is C23H32Cl2OZr. The minimum atomic E-state index is 0. The predicted molar refractivity (Wildman–Crippen MR) is 101 cm³/mol. The molecule has 0 bridgehead atoms. The van der Waals surface area contributed by atoms with Crippen molar-refractivity contribution in [3.8, 4) is 0 Å². The second-order valence-corrected chi connectivity index (χ2v) is 8.38. The molecule has 2 fully saturated rings. The Kier molecular flexibility index (Phi) is 10.3. The molecular weight excluding hydrogens is 454 g/mol. The molecule has 0 aromatic carbocycles. The van der Waals surface area contributed by atoms with Crippen molar-refractivity contribution in [2.45, 2.75) is 58.3 Å². The zero-order valence-electron chi connectivity index (χ0n) is 16.3. The van der Waals surface area contributed by atoms with Gasteiger partial charge in [-0.2, -0.15) is 0 Å². The van der Waals surface area contributed by atoms with Gasteiger partial charge in [-0.25, -0.2) is 0 Å². The molecule has 0 heterocycles. The van der Waals surface area contributed by atoms with E-state index in [1.807, 2.05) is 0 Å². The summed E-state index contributed by atoms with van der Waals surface area (Å²) in [6.45, 7) is 2.72. The summed E-state index contributed by atoms with van der Waals surface area (Å²) in [5.74, 6) is 2.92. The standard InChI is InChI=1S/C23H32O.2ClH.Zr/c1-2-23(15-16-24,21-13-11-17-7-3-5-9-19(17)21)22-14-12-18-8-4-6-10-20(18)22;;;/h3-6,9-10,17-18,21-22,24H,2,7-8,11-16H2,1H3;2*1H;/q;;;+2/p-2. The molecule has 4 heteroatoms. The number of rotatable bonds is 5. The van der Waals surface area contributed by atoms with E-state index < -0.39 is 0 Å². The van der Waals surface area contributed by atoms with Crippen LogP contribution in [0.5, 0.6) is 0 Å². The Bertz CT molecular complexity index is 561. The molecule has 0 aromatic rings. The van der Waals surface area contributed by atoms with Crippen molar-refractivity contribution < 1.29 is 56.1 Å². The molecule has 0 saturated heterocycles. The summed E-state index contributed by atoms with van der Waals surface area (Å²) >= 11 is 0. The summed E-state index contributed by atoms with van der Waals surface area (Å²) in [6, 6.07) is 0. The van der Waals surface area contributed by atoms with Crippen molar-refractivity contribution in [1.29, 1.82) is 0 Å². The molecule has 4 aliphatic carbocycles. The minimum Gasteiger partial charge on any atom is -1.00 e. The fourth-order valence-corrected chi connectivity index (χ4v) is 6.54. The van der Waals surface area contributed by atoms with Gasteiger partial charge in [0, 0.05) is 6.61 Å². The Morgan fingerprint density at radius 1 is 0.889 bits per heavy atom. The Balaban J connectivity index is 0.00000121. The molecule has 4 aliphatic rings. The third kappa shape index (κ3) is 4.45. The second-order valence-electron chi connectivity index (χ2n) is 8.38. The molecule has 4 rings (SSSR count). The maximum Gasteiger partial charge on any atom is 2.00 e. The van der Waals surface area contributed by atoms with Gasteiger partial charge in [0.25, 0.3) is 0 Å². The van der Waals surface area contributed by atoms with Gasteiger partial charge in [0.2, 0.25) is 0 Å². The van der Waals surface area contributed by atoms with Crippen molar-refractivity contribution in [2.75, 3.05) is 6.61 Å². The van der Waals surface area contributed by atoms with Crippen LogP contribution in [-0.2, 0) is 26.2 Å². The van der Waals surface area contributed by atoms with Gasteiger partial charge in [-0.05, 0) is 80.5 Å². The number of halogens is 2. The van der Waals surface area contributed by atoms with Gasteiger partial charge in [-0.15, -0.1) is 0 Å². The van der Waals surface area contributed by atoms with E-state index >= 15 is 0 Å². The molecule has 2 saturated carbocycles. The average molecular weight is 487 g/mol. The first kappa shape index (κ1) is 25.4. The first-order chi connectivity index (χ1) is 11.8. The van der Waals surface area contributed by atoms with Crippen LogP contribution < -0.4 is 24.8 Å². The summed E-state index contributed by atoms with van der Waals surface area (Å²) < 4.78 is 0. The van der Waals surface area contributed by atoms with E-state index in [1.165, 1.54) is 44.9 Å². The van der Waals surface area contributed by atoms with Gasteiger partial charge < -0.3 is 29.9 Å². The van der Waals surface area contributed by atoms with Gasteiger partial charge in [-0.1, -0.05) is 54.5 Å². The van der Waals surface area contributed by atoms with E-state index in [0.29, 0.717) is 18.4 Å². The van der Waals surface area contributed by atoms with Crippen molar-refractivity contribution in [2.24, 2.45) is 29.1 Å². The van der Waals surface area contributed by atoms with Crippen LogP contribution in [-0.4, -0.2) is 11.7 Å². The molecule has 148 valence electrons. The first-order valence-electron chi connectivity index (χ1n) is 10.1. The van der Waals surface area contributed by atoms with Crippen LogP contribution in [0.25, 0.3) is 0 Å². The molecule has 4 unspecified atom stereocenters. The largest absolute Gasteiger partial charge is 2.00 e. The van der Waals surface area contributed by atoms with E-state index in [1.54, 1.807) is 11.1 Å². The normalized spacial score (nSPS) is 32.7. The molecule has 4 atom stereocenters. The Morgan fingerprint density at radius 3 is 1.78 bits per heavy atom. The van der Waals surface area contributed by atoms with Crippen LogP contribution in [0.3, 0.4) is 0 Å². The fourth-order valence-electron chi connectivity index (χ4n) is 6.54. The molecule has 0 aliphatic heterocycles. The van der Waals surface area contributed by atoms with E-state index in [0.717, 1.165) is 18.3 Å². The Hall–Kier alpha value is 0.383. The average Bonchev–Trinajstić information content (AvgIpc) is 3.25. The maximum absolute atomic E-state index is 9.98. The maximum atomic E-state index is 9.98. The zero-order valence-corrected chi connectivity index (χ0v) is 20.3. The summed E-state index contributed by atoms with van der Waals surface area (Å²) in [7, 11) is 0. The number of fused-ring (bicyclic) bond motifs is 2. The monoisotopic (exact) mass is 484 g/mol. The molecule has 0 aromatic heterocycles. The number of hydrogen-bond donors (Lipinski definition) is 1. The minimum absolute atomic E-state index is 0. The van der Waals surface area contributed by atoms with E-state index in [2.05, 4.69) is 43.4 Å². The molecule has 27 heavy (non-hydrogen) atoms. The topological polar surface area (TPSA) is 20.2 Å². The molecule has 1 N–H and O–H groups in total. The van der Waals surface area contributed by atoms with Crippen LogP contribution >= 0.6 is 0 Å². The van der Waals surface area contributed by atoms with Crippen molar-refractivity contribution in [3.05, 3.63) is 47.6 Å². The summed E-state index contributed by atoms with van der Waals surface area (Å²) in [6.07, 6.45) is 24.1. The molecule has 0 radical (unpaired) electrons.